The molecule has 2 aromatic carbocycles. The highest BCUT2D eigenvalue weighted by atomic mass is 79.9. The fourth-order valence-electron chi connectivity index (χ4n) is 2.02. The quantitative estimate of drug-likeness (QED) is 0.613. The number of benzene rings is 2. The Hall–Kier alpha value is -1.24. The van der Waals surface area contributed by atoms with Gasteiger partial charge in [-0.05, 0) is 56.1 Å². The summed E-state index contributed by atoms with van der Waals surface area (Å²) in [5.41, 5.74) is 7.41. The number of halogens is 2. The topological polar surface area (TPSA) is 38.5 Å². The number of hydrogen-bond acceptors (Lipinski definition) is 4. The minimum absolute atomic E-state index is 0.0434. The third-order valence-corrected chi connectivity index (χ3v) is 4.68. The number of nitrogens with two attached hydrogens (primary N) is 1. The summed E-state index contributed by atoms with van der Waals surface area (Å²) in [5, 5.41) is 0. The second-order valence-electron chi connectivity index (χ2n) is 5.22. The van der Waals surface area contributed by atoms with Crippen molar-refractivity contribution < 1.29 is 17.4 Å². The highest BCUT2D eigenvalue weighted by molar-refractivity contribution is 9.10. The Morgan fingerprint density at radius 1 is 1.25 bits per heavy atom. The summed E-state index contributed by atoms with van der Waals surface area (Å²) in [6.07, 6.45) is -3.53. The second kappa shape index (κ2) is 9.30. The molecule has 0 aliphatic rings. The lowest BCUT2D eigenvalue weighted by Crippen LogP contribution is -2.11. The number of nitrogen functional groups attached to an aromatic ring is 1. The first-order valence-corrected chi connectivity index (χ1v) is 8.63. The van der Waals surface area contributed by atoms with Crippen LogP contribution in [0, 0.1) is 0 Å². The maximum absolute atomic E-state index is 13.6. The molecule has 2 aromatic rings. The van der Waals surface area contributed by atoms with E-state index in [1.54, 1.807) is 12.1 Å². The van der Waals surface area contributed by atoms with Gasteiger partial charge in [0.2, 0.25) is 0 Å². The van der Waals surface area contributed by atoms with Crippen LogP contribution in [0.4, 0.5) is 10.1 Å². The van der Waals surface area contributed by atoms with Crippen molar-refractivity contribution in [2.24, 2.45) is 0 Å². The summed E-state index contributed by atoms with van der Waals surface area (Å²) in [5.74, 6) is -0.0434. The van der Waals surface area contributed by atoms with Gasteiger partial charge in [0.25, 0.3) is 0 Å². The van der Waals surface area contributed by atoms with E-state index in [0.29, 0.717) is 12.2 Å². The van der Waals surface area contributed by atoms with Gasteiger partial charge >= 0.3 is 0 Å². The molecule has 0 unspecified atom stereocenters. The van der Waals surface area contributed by atoms with Crippen LogP contribution in [0.15, 0.2) is 50.7 Å². The molecule has 130 valence electrons. The van der Waals surface area contributed by atoms with Crippen molar-refractivity contribution in [2.75, 3.05) is 33.0 Å². The van der Waals surface area contributed by atoms with E-state index in [2.05, 4.69) is 15.9 Å². The fraction of sp³-hybridized carbons (Fsp3) is 0.333. The van der Waals surface area contributed by atoms with Crippen molar-refractivity contribution in [3.63, 3.8) is 0 Å². The molecule has 2 N–H and O–H groups in total. The van der Waals surface area contributed by atoms with Crippen LogP contribution in [0.25, 0.3) is 0 Å². The Kier molecular flexibility index (Phi) is 4.71. The lowest BCUT2D eigenvalue weighted by atomic mass is 10.2. The van der Waals surface area contributed by atoms with E-state index in [4.69, 9.17) is 18.7 Å². The lowest BCUT2D eigenvalue weighted by Gasteiger charge is -2.16. The Morgan fingerprint density at radius 3 is 2.67 bits per heavy atom. The Balaban J connectivity index is 2.38. The molecule has 0 saturated heterocycles. The number of anilines is 1. The predicted molar refractivity (Wildman–Crippen MR) is 103 cm³/mol. The molecule has 0 atom stereocenters. The summed E-state index contributed by atoms with van der Waals surface area (Å²) in [4.78, 5) is 3.54. The number of nitrogens with zero attached hydrogens (tertiary/aromatic N) is 1. The zero-order chi connectivity index (χ0) is 22.9. The summed E-state index contributed by atoms with van der Waals surface area (Å²) >= 11 is 4.78. The third kappa shape index (κ3) is 5.69. The van der Waals surface area contributed by atoms with E-state index in [1.165, 1.54) is 23.9 Å². The van der Waals surface area contributed by atoms with E-state index in [-0.39, 0.29) is 5.75 Å². The van der Waals surface area contributed by atoms with Gasteiger partial charge in [0.05, 0.1) is 18.7 Å². The third-order valence-electron chi connectivity index (χ3n) is 2.98. The van der Waals surface area contributed by atoms with E-state index in [0.717, 1.165) is 19.8 Å². The molecule has 0 aliphatic heterocycles. The SMILES string of the molecule is [2H]C([2H])(F)C([2H])([2H])C([2H])([2H])Oc1ccc(Sc2ccc(Br)cc2N)c(CN(C)C)c1. The molecule has 0 saturated carbocycles. The van der Waals surface area contributed by atoms with E-state index in [1.807, 2.05) is 31.1 Å². The van der Waals surface area contributed by atoms with Crippen molar-refractivity contribution >= 4 is 33.4 Å². The molecule has 0 bridgehead atoms. The monoisotopic (exact) mass is 418 g/mol. The second-order valence-corrected chi connectivity index (χ2v) is 7.21. The molecule has 0 fully saturated rings. The number of ether oxygens (including phenoxy) is 1. The first kappa shape index (κ1) is 12.2. The van der Waals surface area contributed by atoms with Gasteiger partial charge in [-0.1, -0.05) is 27.7 Å². The van der Waals surface area contributed by atoms with Crippen LogP contribution in [0.5, 0.6) is 5.75 Å². The molecule has 0 amide bonds. The lowest BCUT2D eigenvalue weighted by molar-refractivity contribution is 0.288. The molecule has 0 aromatic heterocycles. The number of alkyl halides is 1. The first-order chi connectivity index (χ1) is 13.6. The molecular weight excluding hydrogens is 391 g/mol. The van der Waals surface area contributed by atoms with Gasteiger partial charge in [-0.2, -0.15) is 0 Å². The number of rotatable bonds is 8. The summed E-state index contributed by atoms with van der Waals surface area (Å²) in [7, 11) is 3.71. The van der Waals surface area contributed by atoms with Crippen LogP contribution >= 0.6 is 27.7 Å². The van der Waals surface area contributed by atoms with Crippen LogP contribution in [0.1, 0.15) is 20.2 Å². The van der Waals surface area contributed by atoms with E-state index >= 15 is 0 Å². The van der Waals surface area contributed by atoms with Gasteiger partial charge < -0.3 is 15.4 Å². The molecule has 0 radical (unpaired) electrons. The van der Waals surface area contributed by atoms with Gasteiger partial charge in [-0.25, -0.2) is 0 Å². The van der Waals surface area contributed by atoms with E-state index < -0.39 is 19.6 Å². The molecule has 24 heavy (non-hydrogen) atoms. The van der Waals surface area contributed by atoms with Crippen LogP contribution in [-0.2, 0) is 6.54 Å². The van der Waals surface area contributed by atoms with Gasteiger partial charge in [-0.15, -0.1) is 0 Å². The first-order valence-electron chi connectivity index (χ1n) is 10.0. The van der Waals surface area contributed by atoms with Gasteiger partial charge in [-0.3, -0.25) is 4.39 Å². The minimum atomic E-state index is -3.93. The van der Waals surface area contributed by atoms with Crippen molar-refractivity contribution in [1.29, 1.82) is 0 Å². The highest BCUT2D eigenvalue weighted by Gasteiger charge is 2.10. The summed E-state index contributed by atoms with van der Waals surface area (Å²) < 4.78 is 64.0. The maximum Gasteiger partial charge on any atom is 0.119 e. The van der Waals surface area contributed by atoms with Crippen molar-refractivity contribution in [3.8, 4) is 5.75 Å². The van der Waals surface area contributed by atoms with Crippen LogP contribution in [0.3, 0.4) is 0 Å². The minimum Gasteiger partial charge on any atom is -0.493 e. The standard InChI is InChI=1S/C18H22BrFN2OS/c1-22(2)12-13-10-15(23-9-3-8-20)5-7-17(13)24-18-6-4-14(19)11-16(18)21/h4-7,10-11H,3,8-9,12,21H2,1-2H3/i3D2,8D2,9D2. The normalized spacial score (nSPS) is 16.5. The maximum atomic E-state index is 13.6. The number of hydrogen-bond donors (Lipinski definition) is 1. The Labute approximate surface area is 163 Å². The molecular formula is C18H22BrFN2OS. The Morgan fingerprint density at radius 2 is 2.00 bits per heavy atom. The van der Waals surface area contributed by atoms with Crippen LogP contribution in [0.2, 0.25) is 0 Å². The van der Waals surface area contributed by atoms with Gasteiger partial charge in [0.15, 0.2) is 0 Å². The van der Waals surface area contributed by atoms with Gasteiger partial charge in [0.1, 0.15) is 5.75 Å². The smallest absolute Gasteiger partial charge is 0.119 e. The average Bonchev–Trinajstić information content (AvgIpc) is 2.57. The molecule has 2 rings (SSSR count). The van der Waals surface area contributed by atoms with Crippen LogP contribution < -0.4 is 10.5 Å². The largest absolute Gasteiger partial charge is 0.493 e. The van der Waals surface area contributed by atoms with Crippen molar-refractivity contribution in [3.05, 3.63) is 46.4 Å². The zero-order valence-corrected chi connectivity index (χ0v) is 15.7. The predicted octanol–water partition coefficient (Wildman–Crippen LogP) is 4.98. The average molecular weight is 419 g/mol. The summed E-state index contributed by atoms with van der Waals surface area (Å²) in [6.45, 7) is -6.71. The van der Waals surface area contributed by atoms with E-state index in [9.17, 15) is 4.39 Å². The van der Waals surface area contributed by atoms with Crippen molar-refractivity contribution in [2.45, 2.75) is 22.7 Å². The van der Waals surface area contributed by atoms with Gasteiger partial charge in [0, 0.05) is 35.6 Å². The molecule has 0 aliphatic carbocycles. The Bertz CT molecular complexity index is 911. The molecule has 0 spiro atoms. The fourth-order valence-corrected chi connectivity index (χ4v) is 3.34. The molecule has 3 nitrogen and oxygen atoms in total. The zero-order valence-electron chi connectivity index (χ0n) is 19.3. The summed E-state index contributed by atoms with van der Waals surface area (Å²) in [6, 6.07) is 10.1. The van der Waals surface area contributed by atoms with Crippen molar-refractivity contribution in [1.82, 2.24) is 4.90 Å². The van der Waals surface area contributed by atoms with Crippen LogP contribution in [-0.4, -0.2) is 32.2 Å². The highest BCUT2D eigenvalue weighted by Crippen LogP contribution is 2.37. The molecule has 0 heterocycles. The molecule has 6 heteroatoms.